The van der Waals surface area contributed by atoms with Gasteiger partial charge in [-0.3, -0.25) is 0 Å². The van der Waals surface area contributed by atoms with E-state index in [2.05, 4.69) is 17.4 Å². The molecular formula is C14H22N2O. The minimum absolute atomic E-state index is 0.00746. The van der Waals surface area contributed by atoms with Crippen molar-refractivity contribution in [3.8, 4) is 0 Å². The van der Waals surface area contributed by atoms with E-state index in [1.54, 1.807) is 7.05 Å². The van der Waals surface area contributed by atoms with Crippen LogP contribution < -0.4 is 5.32 Å². The van der Waals surface area contributed by atoms with Gasteiger partial charge in [0.2, 0.25) is 0 Å². The second kappa shape index (κ2) is 6.94. The van der Waals surface area contributed by atoms with Crippen LogP contribution in [0.25, 0.3) is 0 Å². The molecule has 0 aliphatic rings. The third-order valence-corrected chi connectivity index (χ3v) is 2.81. The van der Waals surface area contributed by atoms with E-state index < -0.39 is 0 Å². The number of urea groups is 1. The molecular weight excluding hydrogens is 212 g/mol. The molecule has 0 aliphatic heterocycles. The maximum Gasteiger partial charge on any atom is 0.317 e. The average molecular weight is 234 g/mol. The number of hydrogen-bond acceptors (Lipinski definition) is 1. The van der Waals surface area contributed by atoms with E-state index in [1.165, 1.54) is 5.56 Å². The highest BCUT2D eigenvalue weighted by Gasteiger charge is 2.14. The SMILES string of the molecule is CNC(=O)N(CCCc1ccccc1)C(C)C. The normalized spacial score (nSPS) is 10.4. The number of nitrogens with zero attached hydrogens (tertiary/aromatic N) is 1. The van der Waals surface area contributed by atoms with E-state index in [1.807, 2.05) is 36.9 Å². The molecule has 1 aromatic rings. The summed E-state index contributed by atoms with van der Waals surface area (Å²) in [6.45, 7) is 4.88. The van der Waals surface area contributed by atoms with Gasteiger partial charge in [0.1, 0.15) is 0 Å². The number of carbonyl (C=O) groups excluding carboxylic acids is 1. The summed E-state index contributed by atoms with van der Waals surface area (Å²) >= 11 is 0. The van der Waals surface area contributed by atoms with Gasteiger partial charge in [-0.15, -0.1) is 0 Å². The molecule has 1 aromatic carbocycles. The lowest BCUT2D eigenvalue weighted by molar-refractivity contribution is 0.184. The predicted molar refractivity (Wildman–Crippen MR) is 71.1 cm³/mol. The molecule has 17 heavy (non-hydrogen) atoms. The Bertz CT molecular complexity index is 335. The number of nitrogens with one attached hydrogen (secondary N) is 1. The smallest absolute Gasteiger partial charge is 0.317 e. The fraction of sp³-hybridized carbons (Fsp3) is 0.500. The van der Waals surface area contributed by atoms with Crippen LogP contribution in [0.3, 0.4) is 0 Å². The summed E-state index contributed by atoms with van der Waals surface area (Å²) in [6, 6.07) is 10.6. The molecule has 0 aliphatic carbocycles. The van der Waals surface area contributed by atoms with Crippen LogP contribution in [0.15, 0.2) is 30.3 Å². The Morgan fingerprint density at radius 1 is 1.29 bits per heavy atom. The van der Waals surface area contributed by atoms with Gasteiger partial charge >= 0.3 is 6.03 Å². The molecule has 0 radical (unpaired) electrons. The van der Waals surface area contributed by atoms with Crippen molar-refractivity contribution in [2.75, 3.05) is 13.6 Å². The summed E-state index contributed by atoms with van der Waals surface area (Å²) in [4.78, 5) is 13.5. The lowest BCUT2D eigenvalue weighted by Gasteiger charge is -2.26. The van der Waals surface area contributed by atoms with Gasteiger partial charge < -0.3 is 10.2 Å². The molecule has 0 bridgehead atoms. The first kappa shape index (κ1) is 13.6. The van der Waals surface area contributed by atoms with Crippen molar-refractivity contribution in [2.45, 2.75) is 32.7 Å². The highest BCUT2D eigenvalue weighted by molar-refractivity contribution is 5.74. The molecule has 3 heteroatoms. The average Bonchev–Trinajstić information content (AvgIpc) is 2.34. The van der Waals surface area contributed by atoms with Gasteiger partial charge in [-0.1, -0.05) is 30.3 Å². The van der Waals surface area contributed by atoms with Crippen LogP contribution in [-0.2, 0) is 6.42 Å². The van der Waals surface area contributed by atoms with Gasteiger partial charge in [-0.05, 0) is 32.3 Å². The number of carbonyl (C=O) groups is 1. The molecule has 3 nitrogen and oxygen atoms in total. The maximum absolute atomic E-state index is 11.6. The summed E-state index contributed by atoms with van der Waals surface area (Å²) < 4.78 is 0. The highest BCUT2D eigenvalue weighted by Crippen LogP contribution is 2.06. The van der Waals surface area contributed by atoms with Crippen LogP contribution in [0, 0.1) is 0 Å². The summed E-state index contributed by atoms with van der Waals surface area (Å²) in [5.74, 6) is 0. The quantitative estimate of drug-likeness (QED) is 0.834. The molecule has 0 fully saturated rings. The number of benzene rings is 1. The molecule has 0 saturated heterocycles. The van der Waals surface area contributed by atoms with Gasteiger partial charge in [0.25, 0.3) is 0 Å². The Kier molecular flexibility index (Phi) is 5.53. The molecule has 0 aromatic heterocycles. The van der Waals surface area contributed by atoms with Crippen molar-refractivity contribution >= 4 is 6.03 Å². The fourth-order valence-corrected chi connectivity index (χ4v) is 1.84. The Morgan fingerprint density at radius 2 is 1.94 bits per heavy atom. The Labute approximate surface area is 104 Å². The van der Waals surface area contributed by atoms with Crippen molar-refractivity contribution in [2.24, 2.45) is 0 Å². The van der Waals surface area contributed by atoms with Crippen LogP contribution in [0.4, 0.5) is 4.79 Å². The van der Waals surface area contributed by atoms with Crippen LogP contribution in [0.5, 0.6) is 0 Å². The van der Waals surface area contributed by atoms with E-state index in [0.717, 1.165) is 19.4 Å². The van der Waals surface area contributed by atoms with Gasteiger partial charge in [0, 0.05) is 19.6 Å². The zero-order valence-corrected chi connectivity index (χ0v) is 10.9. The van der Waals surface area contributed by atoms with Crippen molar-refractivity contribution < 1.29 is 4.79 Å². The zero-order valence-electron chi connectivity index (χ0n) is 10.9. The lowest BCUT2D eigenvalue weighted by Crippen LogP contribution is -2.43. The molecule has 0 atom stereocenters. The summed E-state index contributed by atoms with van der Waals surface area (Å²) in [5, 5.41) is 2.68. The van der Waals surface area contributed by atoms with E-state index in [4.69, 9.17) is 0 Å². The largest absolute Gasteiger partial charge is 0.341 e. The Balaban J connectivity index is 2.40. The number of amides is 2. The molecule has 94 valence electrons. The number of rotatable bonds is 5. The molecule has 0 unspecified atom stereocenters. The molecule has 1 rings (SSSR count). The second-order valence-corrected chi connectivity index (χ2v) is 4.43. The van der Waals surface area contributed by atoms with E-state index >= 15 is 0 Å². The van der Waals surface area contributed by atoms with Crippen molar-refractivity contribution in [1.29, 1.82) is 0 Å². The van der Waals surface area contributed by atoms with Crippen LogP contribution in [0.1, 0.15) is 25.8 Å². The number of aryl methyl sites for hydroxylation is 1. The zero-order chi connectivity index (χ0) is 12.7. The summed E-state index contributed by atoms with van der Waals surface area (Å²) in [7, 11) is 1.68. The second-order valence-electron chi connectivity index (χ2n) is 4.43. The van der Waals surface area contributed by atoms with Gasteiger partial charge in [-0.25, -0.2) is 4.79 Å². The standard InChI is InChI=1S/C14H22N2O/c1-12(2)16(14(17)15-3)11-7-10-13-8-5-4-6-9-13/h4-6,8-9,12H,7,10-11H2,1-3H3,(H,15,17). The van der Waals surface area contributed by atoms with Crippen LogP contribution in [-0.4, -0.2) is 30.6 Å². The van der Waals surface area contributed by atoms with E-state index in [-0.39, 0.29) is 12.1 Å². The molecule has 0 heterocycles. The van der Waals surface area contributed by atoms with Gasteiger partial charge in [0.05, 0.1) is 0 Å². The third-order valence-electron chi connectivity index (χ3n) is 2.81. The van der Waals surface area contributed by atoms with Crippen molar-refractivity contribution in [3.05, 3.63) is 35.9 Å². The summed E-state index contributed by atoms with van der Waals surface area (Å²) in [5.41, 5.74) is 1.33. The van der Waals surface area contributed by atoms with Crippen molar-refractivity contribution in [1.82, 2.24) is 10.2 Å². The molecule has 0 saturated carbocycles. The summed E-state index contributed by atoms with van der Waals surface area (Å²) in [6.07, 6.45) is 2.01. The van der Waals surface area contributed by atoms with Crippen molar-refractivity contribution in [3.63, 3.8) is 0 Å². The first-order chi connectivity index (χ1) is 8.15. The maximum atomic E-state index is 11.6. The molecule has 0 spiro atoms. The molecule has 1 N–H and O–H groups in total. The minimum atomic E-state index is 0.00746. The Morgan fingerprint density at radius 3 is 2.47 bits per heavy atom. The van der Waals surface area contributed by atoms with E-state index in [9.17, 15) is 4.79 Å². The minimum Gasteiger partial charge on any atom is -0.341 e. The predicted octanol–water partition coefficient (Wildman–Crippen LogP) is 2.67. The Hall–Kier alpha value is -1.51. The van der Waals surface area contributed by atoms with Crippen LogP contribution >= 0.6 is 0 Å². The highest BCUT2D eigenvalue weighted by atomic mass is 16.2. The first-order valence-electron chi connectivity index (χ1n) is 6.17. The fourth-order valence-electron chi connectivity index (χ4n) is 1.84. The van der Waals surface area contributed by atoms with Gasteiger partial charge in [0.15, 0.2) is 0 Å². The monoisotopic (exact) mass is 234 g/mol. The lowest BCUT2D eigenvalue weighted by atomic mass is 10.1. The molecule has 2 amide bonds. The number of hydrogen-bond donors (Lipinski definition) is 1. The topological polar surface area (TPSA) is 32.3 Å². The third kappa shape index (κ3) is 4.47. The van der Waals surface area contributed by atoms with Crippen LogP contribution in [0.2, 0.25) is 0 Å². The van der Waals surface area contributed by atoms with E-state index in [0.29, 0.717) is 0 Å². The van der Waals surface area contributed by atoms with Gasteiger partial charge in [-0.2, -0.15) is 0 Å². The first-order valence-corrected chi connectivity index (χ1v) is 6.17.